The average molecular weight is 381 g/mol. The first-order valence-electron chi connectivity index (χ1n) is 7.02. The van der Waals surface area contributed by atoms with Gasteiger partial charge in [0.15, 0.2) is 0 Å². The molecule has 0 atom stereocenters. The molecular weight excluding hydrogens is 368 g/mol. The van der Waals surface area contributed by atoms with Crippen LogP contribution >= 0.6 is 11.6 Å². The van der Waals surface area contributed by atoms with E-state index in [1.165, 1.54) is 42.4 Å². The van der Waals surface area contributed by atoms with Gasteiger partial charge in [-0.1, -0.05) is 11.6 Å². The molecule has 1 N–H and O–H groups in total. The maximum Gasteiger partial charge on any atom is 0.339 e. The van der Waals surface area contributed by atoms with Crippen LogP contribution in [0.2, 0.25) is 5.15 Å². The summed E-state index contributed by atoms with van der Waals surface area (Å²) in [5, 5.41) is 0.0986. The summed E-state index contributed by atoms with van der Waals surface area (Å²) in [5.41, 5.74) is 1.53. The average Bonchev–Trinajstić information content (AvgIpc) is 3.00. The van der Waals surface area contributed by atoms with Gasteiger partial charge in [0, 0.05) is 6.20 Å². The molecule has 0 bridgehead atoms. The molecule has 3 aromatic rings. The van der Waals surface area contributed by atoms with Crippen molar-refractivity contribution in [3.05, 3.63) is 53.2 Å². The summed E-state index contributed by atoms with van der Waals surface area (Å²) >= 11 is 5.78. The fraction of sp³-hybridized carbons (Fsp3) is 0.133. The summed E-state index contributed by atoms with van der Waals surface area (Å²) in [6.07, 6.45) is 4.09. The number of halogens is 1. The molecule has 0 aliphatic heterocycles. The molecule has 0 aliphatic rings. The first-order chi connectivity index (χ1) is 11.8. The normalized spacial score (nSPS) is 11.5. The van der Waals surface area contributed by atoms with Crippen LogP contribution in [-0.2, 0) is 14.8 Å². The Hall–Kier alpha value is -2.65. The fourth-order valence-electron chi connectivity index (χ4n) is 2.24. The number of hydrogen-bond acceptors (Lipinski definition) is 6. The molecule has 0 aliphatic carbocycles. The van der Waals surface area contributed by atoms with Crippen LogP contribution in [0.15, 0.2) is 41.9 Å². The highest BCUT2D eigenvalue weighted by Crippen LogP contribution is 2.23. The Balaban J connectivity index is 2.01. The predicted molar refractivity (Wildman–Crippen MR) is 91.3 cm³/mol. The highest BCUT2D eigenvalue weighted by atomic mass is 35.5. The van der Waals surface area contributed by atoms with Crippen molar-refractivity contribution in [2.24, 2.45) is 0 Å². The van der Waals surface area contributed by atoms with E-state index in [1.54, 1.807) is 13.0 Å². The van der Waals surface area contributed by atoms with Gasteiger partial charge in [-0.3, -0.25) is 4.72 Å². The maximum absolute atomic E-state index is 12.6. The molecule has 8 nitrogen and oxygen atoms in total. The van der Waals surface area contributed by atoms with Crippen LogP contribution in [0.1, 0.15) is 15.9 Å². The summed E-state index contributed by atoms with van der Waals surface area (Å²) in [5.74, 6) is -0.527. The first-order valence-corrected chi connectivity index (χ1v) is 8.88. The van der Waals surface area contributed by atoms with Gasteiger partial charge in [-0.05, 0) is 30.7 Å². The molecule has 3 heterocycles. The van der Waals surface area contributed by atoms with Crippen LogP contribution < -0.4 is 4.72 Å². The Morgan fingerprint density at radius 2 is 2.08 bits per heavy atom. The van der Waals surface area contributed by atoms with Gasteiger partial charge in [-0.2, -0.15) is 8.42 Å². The van der Waals surface area contributed by atoms with Crippen molar-refractivity contribution in [1.82, 2.24) is 14.4 Å². The number of nitrogens with one attached hydrogen (secondary N) is 1. The lowest BCUT2D eigenvalue weighted by atomic mass is 10.3. The largest absolute Gasteiger partial charge is 0.465 e. The van der Waals surface area contributed by atoms with Crippen LogP contribution in [0, 0.1) is 6.92 Å². The molecule has 0 saturated heterocycles. The van der Waals surface area contributed by atoms with Gasteiger partial charge >= 0.3 is 5.97 Å². The van der Waals surface area contributed by atoms with E-state index in [0.29, 0.717) is 16.8 Å². The zero-order chi connectivity index (χ0) is 18.2. The van der Waals surface area contributed by atoms with E-state index in [4.69, 9.17) is 11.6 Å². The number of hydrogen-bond donors (Lipinski definition) is 1. The molecule has 0 aromatic carbocycles. The van der Waals surface area contributed by atoms with Gasteiger partial charge in [0.2, 0.25) is 5.03 Å². The number of anilines is 1. The van der Waals surface area contributed by atoms with E-state index >= 15 is 0 Å². The van der Waals surface area contributed by atoms with Crippen molar-refractivity contribution in [2.75, 3.05) is 11.8 Å². The van der Waals surface area contributed by atoms with Crippen LogP contribution in [0.4, 0.5) is 5.69 Å². The number of carbonyl (C=O) groups is 1. The van der Waals surface area contributed by atoms with Gasteiger partial charge in [0.05, 0.1) is 30.1 Å². The summed E-state index contributed by atoms with van der Waals surface area (Å²) in [6.45, 7) is 1.71. The number of esters is 1. The standard InChI is InChI=1S/C15H13ClN4O4S/c1-9-5-13(16)17-6-11(9)19-25(22,23)14-12-4-3-10(15(21)24-2)7-20(12)8-18-14/h3-8,19H,1-2H3. The molecule has 130 valence electrons. The second-order valence-corrected chi connectivity index (χ2v) is 7.16. The second kappa shape index (κ2) is 6.34. The minimum Gasteiger partial charge on any atom is -0.465 e. The van der Waals surface area contributed by atoms with E-state index in [2.05, 4.69) is 19.4 Å². The SMILES string of the molecule is COC(=O)c1ccc2c(S(=O)(=O)Nc3cnc(Cl)cc3C)ncn2c1. The Labute approximate surface area is 148 Å². The lowest BCUT2D eigenvalue weighted by Gasteiger charge is -2.09. The summed E-state index contributed by atoms with van der Waals surface area (Å²) in [4.78, 5) is 19.4. The Morgan fingerprint density at radius 3 is 2.76 bits per heavy atom. The Bertz CT molecular complexity index is 1080. The summed E-state index contributed by atoms with van der Waals surface area (Å²) < 4.78 is 33.8. The third-order valence-corrected chi connectivity index (χ3v) is 5.01. The lowest BCUT2D eigenvalue weighted by molar-refractivity contribution is 0.0600. The van der Waals surface area contributed by atoms with E-state index in [9.17, 15) is 13.2 Å². The number of methoxy groups -OCH3 is 1. The van der Waals surface area contributed by atoms with Gasteiger partial charge in [0.1, 0.15) is 11.5 Å². The topological polar surface area (TPSA) is 103 Å². The van der Waals surface area contributed by atoms with Crippen LogP contribution in [0.3, 0.4) is 0 Å². The third-order valence-electron chi connectivity index (χ3n) is 3.49. The zero-order valence-corrected chi connectivity index (χ0v) is 14.8. The third kappa shape index (κ3) is 3.28. The van der Waals surface area contributed by atoms with Crippen molar-refractivity contribution >= 4 is 38.8 Å². The smallest absolute Gasteiger partial charge is 0.339 e. The van der Waals surface area contributed by atoms with Gasteiger partial charge in [-0.25, -0.2) is 14.8 Å². The number of fused-ring (bicyclic) bond motifs is 1. The van der Waals surface area contributed by atoms with Crippen molar-refractivity contribution < 1.29 is 17.9 Å². The number of nitrogens with zero attached hydrogens (tertiary/aromatic N) is 3. The number of rotatable bonds is 4. The molecule has 0 unspecified atom stereocenters. The zero-order valence-electron chi connectivity index (χ0n) is 13.2. The molecule has 0 amide bonds. The van der Waals surface area contributed by atoms with Gasteiger partial charge < -0.3 is 9.14 Å². The minimum absolute atomic E-state index is 0.168. The predicted octanol–water partition coefficient (Wildman–Crippen LogP) is 2.28. The quantitative estimate of drug-likeness (QED) is 0.550. The molecule has 0 radical (unpaired) electrons. The molecule has 25 heavy (non-hydrogen) atoms. The molecule has 3 aromatic heterocycles. The minimum atomic E-state index is -3.95. The number of imidazole rings is 1. The van der Waals surface area contributed by atoms with Crippen LogP contribution in [0.5, 0.6) is 0 Å². The Morgan fingerprint density at radius 1 is 1.32 bits per heavy atom. The van der Waals surface area contributed by atoms with Gasteiger partial charge in [-0.15, -0.1) is 0 Å². The monoisotopic (exact) mass is 380 g/mol. The number of carbonyl (C=O) groups excluding carboxylic acids is 1. The number of ether oxygens (including phenoxy) is 1. The number of aromatic nitrogens is 3. The highest BCUT2D eigenvalue weighted by molar-refractivity contribution is 7.92. The lowest BCUT2D eigenvalue weighted by Crippen LogP contribution is -2.15. The van der Waals surface area contributed by atoms with Crippen LogP contribution in [-0.4, -0.2) is 35.9 Å². The molecule has 0 fully saturated rings. The van der Waals surface area contributed by atoms with E-state index < -0.39 is 16.0 Å². The number of aryl methyl sites for hydroxylation is 1. The van der Waals surface area contributed by atoms with Crippen molar-refractivity contribution in [3.63, 3.8) is 0 Å². The molecule has 3 rings (SSSR count). The molecule has 0 spiro atoms. The summed E-state index contributed by atoms with van der Waals surface area (Å²) in [6, 6.07) is 4.51. The van der Waals surface area contributed by atoms with E-state index in [1.807, 2.05) is 0 Å². The highest BCUT2D eigenvalue weighted by Gasteiger charge is 2.22. The first kappa shape index (κ1) is 17.2. The van der Waals surface area contributed by atoms with E-state index in [-0.39, 0.29) is 15.7 Å². The van der Waals surface area contributed by atoms with Crippen molar-refractivity contribution in [1.29, 1.82) is 0 Å². The van der Waals surface area contributed by atoms with Gasteiger partial charge in [0.25, 0.3) is 10.0 Å². The second-order valence-electron chi connectivity index (χ2n) is 5.18. The number of pyridine rings is 2. The summed E-state index contributed by atoms with van der Waals surface area (Å²) in [7, 11) is -2.69. The van der Waals surface area contributed by atoms with Crippen molar-refractivity contribution in [2.45, 2.75) is 11.9 Å². The maximum atomic E-state index is 12.6. The fourth-order valence-corrected chi connectivity index (χ4v) is 3.69. The van der Waals surface area contributed by atoms with Crippen molar-refractivity contribution in [3.8, 4) is 0 Å². The molecule has 0 saturated carbocycles. The van der Waals surface area contributed by atoms with E-state index in [0.717, 1.165) is 0 Å². The number of sulfonamides is 1. The molecule has 10 heteroatoms. The Kier molecular flexibility index (Phi) is 4.36. The van der Waals surface area contributed by atoms with Crippen LogP contribution in [0.25, 0.3) is 5.52 Å². The molecular formula is C15H13ClN4O4S.